The molecule has 0 bridgehead atoms. The van der Waals surface area contributed by atoms with Crippen molar-refractivity contribution in [1.82, 2.24) is 0 Å². The van der Waals surface area contributed by atoms with E-state index in [1.807, 2.05) is 6.07 Å². The number of carbonyl (C=O) groups excluding carboxylic acids is 1. The summed E-state index contributed by atoms with van der Waals surface area (Å²) in [4.78, 5) is 12.9. The monoisotopic (exact) mass is 407 g/mol. The second kappa shape index (κ2) is 7.02. The van der Waals surface area contributed by atoms with Crippen LogP contribution in [0.4, 0.5) is 5.69 Å². The smallest absolute Gasteiger partial charge is 0.345 e. The summed E-state index contributed by atoms with van der Waals surface area (Å²) in [6.07, 6.45) is 5.55. The Hall–Kier alpha value is -2.53. The predicted molar refractivity (Wildman–Crippen MR) is 115 cm³/mol. The fourth-order valence-corrected chi connectivity index (χ4v) is 6.56. The molecular formula is C25H29NO4. The molecule has 2 aromatic carbocycles. The molecule has 5 nitrogen and oxygen atoms in total. The summed E-state index contributed by atoms with van der Waals surface area (Å²) in [5, 5.41) is 20.9. The van der Waals surface area contributed by atoms with E-state index in [-0.39, 0.29) is 23.2 Å². The van der Waals surface area contributed by atoms with Crippen molar-refractivity contribution in [3.05, 3.63) is 53.1 Å². The summed E-state index contributed by atoms with van der Waals surface area (Å²) in [6, 6.07) is 10.3. The van der Waals surface area contributed by atoms with Crippen LogP contribution in [0.2, 0.25) is 0 Å². The zero-order chi connectivity index (χ0) is 21.0. The van der Waals surface area contributed by atoms with Crippen LogP contribution in [0.3, 0.4) is 0 Å². The number of aryl methyl sites for hydroxylation is 1. The van der Waals surface area contributed by atoms with E-state index in [4.69, 9.17) is 10.5 Å². The molecule has 3 aliphatic carbocycles. The molecule has 5 atom stereocenters. The van der Waals surface area contributed by atoms with E-state index in [0.717, 1.165) is 49.7 Å². The van der Waals surface area contributed by atoms with Gasteiger partial charge in [0.05, 0.1) is 11.7 Å². The number of carbonyl (C=O) groups is 1. The first-order chi connectivity index (χ1) is 14.4. The minimum absolute atomic E-state index is 0.00901. The first kappa shape index (κ1) is 19.4. The maximum absolute atomic E-state index is 12.9. The number of aromatic hydroxyl groups is 1. The van der Waals surface area contributed by atoms with Crippen LogP contribution in [-0.2, 0) is 6.42 Å². The number of anilines is 1. The van der Waals surface area contributed by atoms with Crippen molar-refractivity contribution in [3.8, 4) is 11.5 Å². The molecule has 2 aromatic rings. The Bertz CT molecular complexity index is 1000. The average Bonchev–Trinajstić information content (AvgIpc) is 3.02. The van der Waals surface area contributed by atoms with Crippen LogP contribution in [0.15, 0.2) is 36.4 Å². The lowest BCUT2D eigenvalue weighted by atomic mass is 9.55. The highest BCUT2D eigenvalue weighted by Gasteiger charge is 2.54. The predicted octanol–water partition coefficient (Wildman–Crippen LogP) is 4.41. The second-order valence-electron chi connectivity index (χ2n) is 9.55. The Morgan fingerprint density at radius 2 is 1.97 bits per heavy atom. The largest absolute Gasteiger partial charge is 0.508 e. The van der Waals surface area contributed by atoms with Gasteiger partial charge in [0.15, 0.2) is 0 Å². The molecule has 5 rings (SSSR count). The zero-order valence-corrected chi connectivity index (χ0v) is 17.3. The molecule has 0 amide bonds. The maximum atomic E-state index is 12.9. The van der Waals surface area contributed by atoms with Gasteiger partial charge in [0.1, 0.15) is 11.5 Å². The fourth-order valence-electron chi connectivity index (χ4n) is 6.56. The van der Waals surface area contributed by atoms with Gasteiger partial charge in [-0.1, -0.05) is 19.1 Å². The standard InChI is InChI=1S/C25H29NO4/c1-25-11-10-17-16(19(25)8-9-22(25)28)7-6-14-12-15(27)13-21(23(14)17)30-24(29)18-4-2-3-5-20(18)26/h2-5,12-13,16-17,19,22,27-28H,6-11,26H2,1H3/t16-,17+,19+,22-,25+/m1/s1. The second-order valence-corrected chi connectivity index (χ2v) is 9.55. The number of hydrogen-bond donors (Lipinski definition) is 3. The lowest BCUT2D eigenvalue weighted by Crippen LogP contribution is -2.44. The van der Waals surface area contributed by atoms with Crippen LogP contribution in [0.25, 0.3) is 0 Å². The molecule has 3 aliphatic rings. The Morgan fingerprint density at radius 3 is 2.77 bits per heavy atom. The van der Waals surface area contributed by atoms with Gasteiger partial charge < -0.3 is 20.7 Å². The van der Waals surface area contributed by atoms with Gasteiger partial charge in [0.2, 0.25) is 0 Å². The number of para-hydroxylation sites is 1. The number of rotatable bonds is 2. The third kappa shape index (κ3) is 2.90. The average molecular weight is 408 g/mol. The van der Waals surface area contributed by atoms with Crippen molar-refractivity contribution in [1.29, 1.82) is 0 Å². The Morgan fingerprint density at radius 1 is 1.17 bits per heavy atom. The first-order valence-corrected chi connectivity index (χ1v) is 11.0. The lowest BCUT2D eigenvalue weighted by molar-refractivity contribution is -0.0229. The number of phenols is 1. The minimum atomic E-state index is -0.500. The van der Waals surface area contributed by atoms with Gasteiger partial charge in [0, 0.05) is 17.3 Å². The van der Waals surface area contributed by atoms with Crippen molar-refractivity contribution in [2.75, 3.05) is 5.73 Å². The van der Waals surface area contributed by atoms with Gasteiger partial charge >= 0.3 is 5.97 Å². The number of aliphatic hydroxyl groups excluding tert-OH is 1. The third-order valence-electron chi connectivity index (χ3n) is 8.10. The Kier molecular flexibility index (Phi) is 4.55. The van der Waals surface area contributed by atoms with Crippen LogP contribution in [0.5, 0.6) is 11.5 Å². The number of fused-ring (bicyclic) bond motifs is 5. The van der Waals surface area contributed by atoms with Crippen molar-refractivity contribution >= 4 is 11.7 Å². The molecule has 0 unspecified atom stereocenters. The van der Waals surface area contributed by atoms with E-state index in [1.165, 1.54) is 0 Å². The highest BCUT2D eigenvalue weighted by atomic mass is 16.5. The van der Waals surface area contributed by atoms with Crippen molar-refractivity contribution < 1.29 is 19.7 Å². The number of aliphatic hydroxyl groups is 1. The number of nitrogens with two attached hydrogens (primary N) is 1. The van der Waals surface area contributed by atoms with Crippen molar-refractivity contribution in [2.24, 2.45) is 17.3 Å². The van der Waals surface area contributed by atoms with Crippen LogP contribution in [0.1, 0.15) is 66.4 Å². The molecule has 0 saturated heterocycles. The van der Waals surface area contributed by atoms with Crippen molar-refractivity contribution in [3.63, 3.8) is 0 Å². The lowest BCUT2D eigenvalue weighted by Gasteiger charge is -2.50. The minimum Gasteiger partial charge on any atom is -0.508 e. The highest BCUT2D eigenvalue weighted by molar-refractivity contribution is 5.96. The number of benzene rings is 2. The summed E-state index contributed by atoms with van der Waals surface area (Å²) in [5.74, 6) is 1.32. The molecule has 30 heavy (non-hydrogen) atoms. The van der Waals surface area contributed by atoms with Crippen LogP contribution < -0.4 is 10.5 Å². The van der Waals surface area contributed by atoms with Crippen LogP contribution in [0, 0.1) is 17.3 Å². The summed E-state index contributed by atoms with van der Waals surface area (Å²) in [7, 11) is 0. The molecule has 158 valence electrons. The molecule has 2 fully saturated rings. The number of ether oxygens (including phenoxy) is 1. The molecule has 0 spiro atoms. The molecule has 4 N–H and O–H groups in total. The molecule has 0 aromatic heterocycles. The van der Waals surface area contributed by atoms with Gasteiger partial charge in [-0.2, -0.15) is 0 Å². The Labute approximate surface area is 176 Å². The van der Waals surface area contributed by atoms with Gasteiger partial charge in [-0.25, -0.2) is 4.79 Å². The summed E-state index contributed by atoms with van der Waals surface area (Å²) in [5.41, 5.74) is 8.80. The number of nitrogen functional groups attached to an aromatic ring is 1. The topological polar surface area (TPSA) is 92.8 Å². The molecule has 5 heteroatoms. The number of phenolic OH excluding ortho intramolecular Hbond substituents is 1. The molecule has 2 saturated carbocycles. The SMILES string of the molecule is C[C@]12CC[C@@H]3c4c(cc(O)cc4OC(=O)c4ccccc4N)CC[C@H]3[C@@H]1CC[C@H]2O. The maximum Gasteiger partial charge on any atom is 0.345 e. The zero-order valence-electron chi connectivity index (χ0n) is 17.3. The van der Waals surface area contributed by atoms with Gasteiger partial charge in [-0.05, 0) is 85.5 Å². The highest BCUT2D eigenvalue weighted by Crippen LogP contribution is 2.62. The Balaban J connectivity index is 1.51. The van der Waals surface area contributed by atoms with Gasteiger partial charge in [-0.3, -0.25) is 0 Å². The van der Waals surface area contributed by atoms with E-state index < -0.39 is 5.97 Å². The van der Waals surface area contributed by atoms with E-state index in [9.17, 15) is 15.0 Å². The summed E-state index contributed by atoms with van der Waals surface area (Å²) in [6.45, 7) is 2.25. The molecule has 0 aliphatic heterocycles. The van der Waals surface area contributed by atoms with Crippen molar-refractivity contribution in [2.45, 2.75) is 57.5 Å². The fraction of sp³-hybridized carbons (Fsp3) is 0.480. The van der Waals surface area contributed by atoms with Gasteiger partial charge in [-0.15, -0.1) is 0 Å². The normalized spacial score (nSPS) is 32.1. The van der Waals surface area contributed by atoms with E-state index in [1.54, 1.807) is 30.3 Å². The van der Waals surface area contributed by atoms with Gasteiger partial charge in [0.25, 0.3) is 0 Å². The van der Waals surface area contributed by atoms with E-state index in [0.29, 0.717) is 28.8 Å². The van der Waals surface area contributed by atoms with E-state index in [2.05, 4.69) is 6.92 Å². The molecule has 0 heterocycles. The van der Waals surface area contributed by atoms with Crippen LogP contribution >= 0.6 is 0 Å². The quantitative estimate of drug-likeness (QED) is 0.390. The summed E-state index contributed by atoms with van der Waals surface area (Å²) < 4.78 is 5.84. The molecular weight excluding hydrogens is 378 g/mol. The molecule has 0 radical (unpaired) electrons. The first-order valence-electron chi connectivity index (χ1n) is 11.0. The number of hydrogen-bond acceptors (Lipinski definition) is 5. The third-order valence-corrected chi connectivity index (χ3v) is 8.10. The summed E-state index contributed by atoms with van der Waals surface area (Å²) >= 11 is 0. The number of esters is 1. The van der Waals surface area contributed by atoms with Crippen LogP contribution in [-0.4, -0.2) is 22.3 Å². The van der Waals surface area contributed by atoms with E-state index >= 15 is 0 Å².